The number of aromatic nitrogens is 2. The monoisotopic (exact) mass is 582 g/mol. The number of benzene rings is 1. The number of carbonyl (C=O) groups excluding carboxylic acids is 3. The molecule has 2 saturated heterocycles. The molecule has 2 fully saturated rings. The van der Waals surface area contributed by atoms with Gasteiger partial charge in [-0.15, -0.1) is 0 Å². The van der Waals surface area contributed by atoms with Crippen LogP contribution in [0.2, 0.25) is 0 Å². The SMILES string of the molecule is CCCn1c(C(=O)CC(CCC(C)C)[C@H]2C[C@@H](C(=O)N3CCOCC3)CN(C(=O)OC(C)(C)C)C2)nc2ccccc21. The van der Waals surface area contributed by atoms with E-state index in [0.717, 1.165) is 36.8 Å². The second kappa shape index (κ2) is 14.0. The zero-order valence-corrected chi connectivity index (χ0v) is 26.4. The lowest BCUT2D eigenvalue weighted by Gasteiger charge is -2.42. The Bertz CT molecular complexity index is 1230. The van der Waals surface area contributed by atoms with Crippen molar-refractivity contribution >= 4 is 28.8 Å². The Morgan fingerprint density at radius 1 is 1.05 bits per heavy atom. The minimum Gasteiger partial charge on any atom is -0.444 e. The molecule has 3 heterocycles. The van der Waals surface area contributed by atoms with Crippen molar-refractivity contribution in [2.45, 2.75) is 85.8 Å². The number of fused-ring (bicyclic) bond motifs is 1. The number of rotatable bonds is 10. The Hall–Kier alpha value is -2.94. The van der Waals surface area contributed by atoms with Gasteiger partial charge in [-0.25, -0.2) is 9.78 Å². The number of Topliss-reactive ketones (excluding diaryl/α,β-unsaturated/α-hetero) is 1. The van der Waals surface area contributed by atoms with Crippen molar-refractivity contribution in [3.8, 4) is 0 Å². The van der Waals surface area contributed by atoms with Crippen molar-refractivity contribution in [2.24, 2.45) is 23.7 Å². The number of ether oxygens (including phenoxy) is 2. The maximum atomic E-state index is 14.0. The first kappa shape index (κ1) is 32.0. The third-order valence-corrected chi connectivity index (χ3v) is 8.39. The van der Waals surface area contributed by atoms with Crippen molar-refractivity contribution < 1.29 is 23.9 Å². The molecule has 1 aromatic heterocycles. The summed E-state index contributed by atoms with van der Waals surface area (Å²) in [6, 6.07) is 7.90. The highest BCUT2D eigenvalue weighted by atomic mass is 16.6. The summed E-state index contributed by atoms with van der Waals surface area (Å²) < 4.78 is 13.3. The van der Waals surface area contributed by atoms with Gasteiger partial charge < -0.3 is 23.8 Å². The molecule has 0 N–H and O–H groups in total. The fraction of sp³-hybridized carbons (Fsp3) is 0.697. The van der Waals surface area contributed by atoms with Crippen LogP contribution in [0, 0.1) is 23.7 Å². The normalized spacial score (nSPS) is 20.6. The predicted molar refractivity (Wildman–Crippen MR) is 163 cm³/mol. The minimum atomic E-state index is -0.640. The molecule has 0 radical (unpaired) electrons. The maximum Gasteiger partial charge on any atom is 0.410 e. The Morgan fingerprint density at radius 3 is 2.43 bits per heavy atom. The fourth-order valence-electron chi connectivity index (χ4n) is 6.30. The first-order chi connectivity index (χ1) is 20.0. The summed E-state index contributed by atoms with van der Waals surface area (Å²) in [7, 11) is 0. The molecule has 2 aliphatic heterocycles. The van der Waals surface area contributed by atoms with Gasteiger partial charge in [-0.2, -0.15) is 0 Å². The molecule has 3 atom stereocenters. The van der Waals surface area contributed by atoms with Gasteiger partial charge in [0, 0.05) is 39.1 Å². The van der Waals surface area contributed by atoms with Crippen LogP contribution in [-0.4, -0.2) is 82.1 Å². The smallest absolute Gasteiger partial charge is 0.410 e. The summed E-state index contributed by atoms with van der Waals surface area (Å²) in [5, 5.41) is 0. The van der Waals surface area contributed by atoms with Crippen LogP contribution in [0.3, 0.4) is 0 Å². The topological polar surface area (TPSA) is 94.0 Å². The Kier molecular flexibility index (Phi) is 10.7. The maximum absolute atomic E-state index is 14.0. The third kappa shape index (κ3) is 8.12. The van der Waals surface area contributed by atoms with Gasteiger partial charge in [0.15, 0.2) is 11.6 Å². The van der Waals surface area contributed by atoms with Gasteiger partial charge in [-0.1, -0.05) is 39.3 Å². The molecule has 0 bridgehead atoms. The van der Waals surface area contributed by atoms with Crippen LogP contribution in [0.25, 0.3) is 11.0 Å². The first-order valence-electron chi connectivity index (χ1n) is 15.8. The molecule has 2 amide bonds. The van der Waals surface area contributed by atoms with E-state index in [-0.39, 0.29) is 29.4 Å². The van der Waals surface area contributed by atoms with E-state index in [9.17, 15) is 14.4 Å². The van der Waals surface area contributed by atoms with E-state index in [0.29, 0.717) is 64.0 Å². The largest absolute Gasteiger partial charge is 0.444 e. The number of carbonyl (C=O) groups is 3. The number of piperidine rings is 1. The highest BCUT2D eigenvalue weighted by Crippen LogP contribution is 2.36. The standard InChI is InChI=1S/C33H50N4O5/c1-7-14-37-28-11-9-8-10-27(28)34-30(37)29(38)20-24(13-12-23(2)3)25-19-26(31(39)35-15-17-41-18-16-35)22-36(21-25)32(40)42-33(4,5)6/h8-11,23-26H,7,12-22H2,1-6H3/t24?,25-,26+/m0/s1. The van der Waals surface area contributed by atoms with Crippen LogP contribution in [-0.2, 0) is 20.8 Å². The number of morpholine rings is 1. The number of imidazole rings is 1. The summed E-state index contributed by atoms with van der Waals surface area (Å²) >= 11 is 0. The predicted octanol–water partition coefficient (Wildman–Crippen LogP) is 5.80. The van der Waals surface area contributed by atoms with Crippen LogP contribution >= 0.6 is 0 Å². The number of ketones is 1. The van der Waals surface area contributed by atoms with E-state index >= 15 is 0 Å². The van der Waals surface area contributed by atoms with Crippen LogP contribution in [0.5, 0.6) is 0 Å². The van der Waals surface area contributed by atoms with E-state index in [1.165, 1.54) is 0 Å². The fourth-order valence-corrected chi connectivity index (χ4v) is 6.30. The Labute approximate surface area is 250 Å². The van der Waals surface area contributed by atoms with Gasteiger partial charge >= 0.3 is 6.09 Å². The Morgan fingerprint density at radius 2 is 1.76 bits per heavy atom. The summed E-state index contributed by atoms with van der Waals surface area (Å²) in [4.78, 5) is 49.4. The number of likely N-dealkylation sites (tertiary alicyclic amines) is 1. The van der Waals surface area contributed by atoms with Gasteiger partial charge in [-0.3, -0.25) is 9.59 Å². The number of hydrogen-bond donors (Lipinski definition) is 0. The number of para-hydroxylation sites is 2. The summed E-state index contributed by atoms with van der Waals surface area (Å²) in [5.41, 5.74) is 1.17. The molecule has 9 heteroatoms. The molecule has 0 aliphatic carbocycles. The van der Waals surface area contributed by atoms with Crippen molar-refractivity contribution in [3.63, 3.8) is 0 Å². The van der Waals surface area contributed by atoms with Gasteiger partial charge in [0.25, 0.3) is 0 Å². The second-order valence-electron chi connectivity index (χ2n) is 13.5. The van der Waals surface area contributed by atoms with Crippen LogP contribution in [0.4, 0.5) is 4.79 Å². The van der Waals surface area contributed by atoms with E-state index in [2.05, 4.69) is 25.3 Å². The molecule has 2 aromatic rings. The van der Waals surface area contributed by atoms with Crippen molar-refractivity contribution in [1.82, 2.24) is 19.4 Å². The summed E-state index contributed by atoms with van der Waals surface area (Å²) in [6.45, 7) is 15.8. The van der Waals surface area contributed by atoms with Crippen molar-refractivity contribution in [1.29, 1.82) is 0 Å². The van der Waals surface area contributed by atoms with E-state index in [4.69, 9.17) is 14.5 Å². The molecule has 2 aliphatic rings. The molecule has 1 unspecified atom stereocenters. The molecule has 9 nitrogen and oxygen atoms in total. The lowest BCUT2D eigenvalue weighted by Crippen LogP contribution is -2.53. The molecular weight excluding hydrogens is 532 g/mol. The van der Waals surface area contributed by atoms with Crippen LogP contribution in [0.1, 0.15) is 84.3 Å². The molecule has 0 saturated carbocycles. The van der Waals surface area contributed by atoms with E-state index in [1.54, 1.807) is 4.90 Å². The van der Waals surface area contributed by atoms with Crippen LogP contribution in [0.15, 0.2) is 24.3 Å². The third-order valence-electron chi connectivity index (χ3n) is 8.39. The quantitative estimate of drug-likeness (QED) is 0.329. The average Bonchev–Trinajstić information content (AvgIpc) is 3.32. The zero-order valence-electron chi connectivity index (χ0n) is 26.4. The molecule has 232 valence electrons. The first-order valence-corrected chi connectivity index (χ1v) is 15.8. The van der Waals surface area contributed by atoms with Gasteiger partial charge in [-0.05, 0) is 69.9 Å². The van der Waals surface area contributed by atoms with Gasteiger partial charge in [0.05, 0.1) is 30.2 Å². The van der Waals surface area contributed by atoms with E-state index < -0.39 is 11.7 Å². The number of amides is 2. The number of aryl methyl sites for hydroxylation is 1. The summed E-state index contributed by atoms with van der Waals surface area (Å²) in [6.07, 6.45) is 3.31. The number of hydrogen-bond acceptors (Lipinski definition) is 6. The molecule has 0 spiro atoms. The lowest BCUT2D eigenvalue weighted by molar-refractivity contribution is -0.142. The summed E-state index contributed by atoms with van der Waals surface area (Å²) in [5.74, 6) is 0.745. The van der Waals surface area contributed by atoms with Crippen molar-refractivity contribution in [2.75, 3.05) is 39.4 Å². The number of nitrogens with zero attached hydrogens (tertiary/aromatic N) is 4. The zero-order chi connectivity index (χ0) is 30.4. The molecule has 4 rings (SSSR count). The highest BCUT2D eigenvalue weighted by molar-refractivity contribution is 5.96. The second-order valence-corrected chi connectivity index (χ2v) is 13.5. The molecule has 42 heavy (non-hydrogen) atoms. The van der Waals surface area contributed by atoms with Crippen molar-refractivity contribution in [3.05, 3.63) is 30.1 Å². The lowest BCUT2D eigenvalue weighted by atomic mass is 9.75. The van der Waals surface area contributed by atoms with E-state index in [1.807, 2.05) is 49.9 Å². The average molecular weight is 583 g/mol. The molecular formula is C33H50N4O5. The van der Waals surface area contributed by atoms with Gasteiger partial charge in [0.2, 0.25) is 5.91 Å². The van der Waals surface area contributed by atoms with Crippen LogP contribution < -0.4 is 0 Å². The Balaban J connectivity index is 1.62. The van der Waals surface area contributed by atoms with Gasteiger partial charge in [0.1, 0.15) is 5.60 Å². The minimum absolute atomic E-state index is 0.00652. The molecule has 1 aromatic carbocycles. The highest BCUT2D eigenvalue weighted by Gasteiger charge is 2.41.